The van der Waals surface area contributed by atoms with Gasteiger partial charge in [0.05, 0.1) is 5.56 Å². The summed E-state index contributed by atoms with van der Waals surface area (Å²) in [4.78, 5) is 10.8. The maximum atomic E-state index is 11.5. The third-order valence-electron chi connectivity index (χ3n) is 2.25. The molecule has 1 rings (SSSR count). The van der Waals surface area contributed by atoms with Crippen LogP contribution in [-0.2, 0) is 6.42 Å². The van der Waals surface area contributed by atoms with Gasteiger partial charge in [-0.05, 0) is 30.5 Å². The van der Waals surface area contributed by atoms with Crippen molar-refractivity contribution in [1.29, 1.82) is 0 Å². The predicted molar refractivity (Wildman–Crippen MR) is 53.1 cm³/mol. The van der Waals surface area contributed by atoms with Gasteiger partial charge in [-0.15, -0.1) is 0 Å². The number of hydrogen-bond donors (Lipinski definition) is 2. The zero-order valence-electron chi connectivity index (χ0n) is 8.49. The number of rotatable bonds is 4. The largest absolute Gasteiger partial charge is 0.870 e. The van der Waals surface area contributed by atoms with Crippen LogP contribution in [0.5, 0.6) is 11.5 Å². The SMILES string of the molecule is CCCCc1c(C(=O)O)ccc(O)c1[O-]. The van der Waals surface area contributed by atoms with Crippen molar-refractivity contribution in [2.24, 2.45) is 0 Å². The van der Waals surface area contributed by atoms with E-state index in [1.54, 1.807) is 0 Å². The molecule has 4 heteroatoms. The molecule has 0 aliphatic heterocycles. The Morgan fingerprint density at radius 1 is 1.47 bits per heavy atom. The maximum absolute atomic E-state index is 11.5. The van der Waals surface area contributed by atoms with Gasteiger partial charge < -0.3 is 15.3 Å². The summed E-state index contributed by atoms with van der Waals surface area (Å²) < 4.78 is 0. The molecule has 1 aromatic carbocycles. The maximum Gasteiger partial charge on any atom is 0.335 e. The van der Waals surface area contributed by atoms with E-state index in [-0.39, 0.29) is 16.9 Å². The van der Waals surface area contributed by atoms with Crippen molar-refractivity contribution in [1.82, 2.24) is 0 Å². The molecule has 0 spiro atoms. The average Bonchev–Trinajstić information content (AvgIpc) is 2.19. The van der Waals surface area contributed by atoms with Crippen LogP contribution in [0.15, 0.2) is 12.1 Å². The Labute approximate surface area is 87.8 Å². The molecule has 0 aliphatic carbocycles. The summed E-state index contributed by atoms with van der Waals surface area (Å²) in [5.74, 6) is -2.08. The van der Waals surface area contributed by atoms with E-state index < -0.39 is 11.7 Å². The fraction of sp³-hybridized carbons (Fsp3) is 0.364. The van der Waals surface area contributed by atoms with Crippen LogP contribution >= 0.6 is 0 Å². The number of carbonyl (C=O) groups is 1. The zero-order chi connectivity index (χ0) is 11.4. The molecule has 15 heavy (non-hydrogen) atoms. The lowest BCUT2D eigenvalue weighted by molar-refractivity contribution is -0.271. The summed E-state index contributed by atoms with van der Waals surface area (Å²) in [6.07, 6.45) is 2.00. The van der Waals surface area contributed by atoms with Crippen LogP contribution in [0.3, 0.4) is 0 Å². The quantitative estimate of drug-likeness (QED) is 0.787. The minimum Gasteiger partial charge on any atom is -0.870 e. The minimum atomic E-state index is -1.13. The normalized spacial score (nSPS) is 10.2. The van der Waals surface area contributed by atoms with Gasteiger partial charge in [0.25, 0.3) is 0 Å². The van der Waals surface area contributed by atoms with Crippen molar-refractivity contribution in [3.05, 3.63) is 23.3 Å². The van der Waals surface area contributed by atoms with Crippen molar-refractivity contribution in [2.75, 3.05) is 0 Å². The van der Waals surface area contributed by atoms with Crippen molar-refractivity contribution in [3.8, 4) is 11.5 Å². The Morgan fingerprint density at radius 2 is 2.13 bits per heavy atom. The van der Waals surface area contributed by atoms with Gasteiger partial charge >= 0.3 is 5.97 Å². The minimum absolute atomic E-state index is 0.00810. The first-order valence-corrected chi connectivity index (χ1v) is 4.83. The van der Waals surface area contributed by atoms with Crippen LogP contribution in [-0.4, -0.2) is 16.2 Å². The summed E-state index contributed by atoms with van der Waals surface area (Å²) in [6, 6.07) is 2.39. The van der Waals surface area contributed by atoms with Gasteiger partial charge in [-0.1, -0.05) is 19.1 Å². The van der Waals surface area contributed by atoms with Crippen LogP contribution in [0, 0.1) is 0 Å². The first-order chi connectivity index (χ1) is 7.07. The number of benzene rings is 1. The fourth-order valence-corrected chi connectivity index (χ4v) is 1.42. The number of aromatic carboxylic acids is 1. The van der Waals surface area contributed by atoms with E-state index in [1.165, 1.54) is 6.07 Å². The van der Waals surface area contributed by atoms with Crippen LogP contribution in [0.4, 0.5) is 0 Å². The lowest BCUT2D eigenvalue weighted by Gasteiger charge is -2.17. The molecule has 0 saturated carbocycles. The summed E-state index contributed by atoms with van der Waals surface area (Å²) in [7, 11) is 0. The molecule has 0 aliphatic rings. The molecule has 0 radical (unpaired) electrons. The van der Waals surface area contributed by atoms with E-state index in [4.69, 9.17) is 5.11 Å². The predicted octanol–water partition coefficient (Wildman–Crippen LogP) is 1.51. The Morgan fingerprint density at radius 3 is 2.67 bits per heavy atom. The lowest BCUT2D eigenvalue weighted by atomic mass is 10.0. The van der Waals surface area contributed by atoms with E-state index in [1.807, 2.05) is 6.92 Å². The second kappa shape index (κ2) is 4.68. The highest BCUT2D eigenvalue weighted by Crippen LogP contribution is 2.30. The summed E-state index contributed by atoms with van der Waals surface area (Å²) >= 11 is 0. The molecular weight excluding hydrogens is 196 g/mol. The molecule has 0 amide bonds. The smallest absolute Gasteiger partial charge is 0.335 e. The van der Waals surface area contributed by atoms with Crippen molar-refractivity contribution in [2.45, 2.75) is 26.2 Å². The van der Waals surface area contributed by atoms with Gasteiger partial charge in [0.1, 0.15) is 5.75 Å². The van der Waals surface area contributed by atoms with E-state index in [0.29, 0.717) is 6.42 Å². The average molecular weight is 209 g/mol. The highest BCUT2D eigenvalue weighted by Gasteiger charge is 2.11. The Kier molecular flexibility index (Phi) is 3.55. The highest BCUT2D eigenvalue weighted by molar-refractivity contribution is 5.90. The first-order valence-electron chi connectivity index (χ1n) is 4.83. The molecule has 0 fully saturated rings. The van der Waals surface area contributed by atoms with Crippen LogP contribution < -0.4 is 5.11 Å². The second-order valence-corrected chi connectivity index (χ2v) is 3.35. The molecule has 0 saturated heterocycles. The van der Waals surface area contributed by atoms with Gasteiger partial charge in [0, 0.05) is 0 Å². The molecule has 0 unspecified atom stereocenters. The van der Waals surface area contributed by atoms with Crippen molar-refractivity contribution < 1.29 is 20.1 Å². The Bertz CT molecular complexity index is 371. The summed E-state index contributed by atoms with van der Waals surface area (Å²) in [5.41, 5.74) is 0.190. The van der Waals surface area contributed by atoms with Gasteiger partial charge in [0.2, 0.25) is 0 Å². The molecule has 0 atom stereocenters. The molecule has 1 aromatic rings. The van der Waals surface area contributed by atoms with Gasteiger partial charge in [0.15, 0.2) is 0 Å². The number of phenols is 1. The van der Waals surface area contributed by atoms with E-state index in [2.05, 4.69) is 0 Å². The fourth-order valence-electron chi connectivity index (χ4n) is 1.42. The first kappa shape index (κ1) is 11.4. The number of carboxylic acid groups (broad SMARTS) is 1. The van der Waals surface area contributed by atoms with E-state index >= 15 is 0 Å². The van der Waals surface area contributed by atoms with Crippen LogP contribution in [0.1, 0.15) is 35.7 Å². The number of aromatic hydroxyl groups is 1. The molecule has 0 bridgehead atoms. The molecule has 2 N–H and O–H groups in total. The number of carboxylic acids is 1. The third-order valence-corrected chi connectivity index (χ3v) is 2.25. The van der Waals surface area contributed by atoms with E-state index in [9.17, 15) is 15.0 Å². The zero-order valence-corrected chi connectivity index (χ0v) is 8.49. The molecular formula is C11H13O4-. The highest BCUT2D eigenvalue weighted by atomic mass is 16.4. The Balaban J connectivity index is 3.16. The summed E-state index contributed by atoms with van der Waals surface area (Å²) in [5, 5.41) is 29.5. The molecule has 82 valence electrons. The van der Waals surface area contributed by atoms with Crippen LogP contribution in [0.25, 0.3) is 0 Å². The number of hydrogen-bond acceptors (Lipinski definition) is 3. The second-order valence-electron chi connectivity index (χ2n) is 3.35. The standard InChI is InChI=1S/C11H14O4/c1-2-3-4-7-8(11(14)15)5-6-9(12)10(7)13/h5-6,12-13H,2-4H2,1H3,(H,14,15)/p-1. The lowest BCUT2D eigenvalue weighted by Crippen LogP contribution is -2.07. The van der Waals surface area contributed by atoms with Gasteiger partial charge in [-0.25, -0.2) is 4.79 Å². The van der Waals surface area contributed by atoms with Crippen LogP contribution in [0.2, 0.25) is 0 Å². The van der Waals surface area contributed by atoms with Gasteiger partial charge in [-0.2, -0.15) is 0 Å². The Hall–Kier alpha value is -1.71. The van der Waals surface area contributed by atoms with Crippen molar-refractivity contribution in [3.63, 3.8) is 0 Å². The molecule has 0 heterocycles. The third kappa shape index (κ3) is 2.40. The monoisotopic (exact) mass is 209 g/mol. The van der Waals surface area contributed by atoms with Gasteiger partial charge in [-0.3, -0.25) is 0 Å². The number of unbranched alkanes of at least 4 members (excludes halogenated alkanes) is 1. The molecule has 0 aromatic heterocycles. The summed E-state index contributed by atoms with van der Waals surface area (Å²) in [6.45, 7) is 1.95. The topological polar surface area (TPSA) is 80.6 Å². The van der Waals surface area contributed by atoms with Crippen molar-refractivity contribution >= 4 is 5.97 Å². The molecule has 4 nitrogen and oxygen atoms in total. The number of phenolic OH excluding ortho intramolecular Hbond substituents is 1. The van der Waals surface area contributed by atoms with E-state index in [0.717, 1.165) is 18.9 Å².